The zero-order valence-corrected chi connectivity index (χ0v) is 10.8. The molecule has 0 spiro atoms. The van der Waals surface area contributed by atoms with Gasteiger partial charge in [-0.15, -0.1) is 0 Å². The number of carbonyl (C=O) groups is 1. The Morgan fingerprint density at radius 1 is 1.00 bits per heavy atom. The molecule has 19 heavy (non-hydrogen) atoms. The summed E-state index contributed by atoms with van der Waals surface area (Å²) in [6, 6.07) is 18.6. The average molecular weight is 256 g/mol. The molecule has 98 valence electrons. The molecule has 0 aliphatic carbocycles. The van der Waals surface area contributed by atoms with Crippen molar-refractivity contribution in [3.8, 4) is 5.75 Å². The van der Waals surface area contributed by atoms with Gasteiger partial charge in [0.05, 0.1) is 6.61 Å². The fraction of sp³-hybridized carbons (Fsp3) is 0.188. The minimum atomic E-state index is -0.733. The lowest BCUT2D eigenvalue weighted by Gasteiger charge is -2.17. The van der Waals surface area contributed by atoms with Crippen LogP contribution >= 0.6 is 0 Å². The third kappa shape index (κ3) is 3.58. The molecule has 0 aromatic heterocycles. The van der Waals surface area contributed by atoms with Crippen molar-refractivity contribution in [1.82, 2.24) is 0 Å². The second kappa shape index (κ2) is 6.59. The summed E-state index contributed by atoms with van der Waals surface area (Å²) in [7, 11) is 0. The van der Waals surface area contributed by atoms with Crippen LogP contribution in [0.25, 0.3) is 0 Å². The van der Waals surface area contributed by atoms with E-state index >= 15 is 0 Å². The summed E-state index contributed by atoms with van der Waals surface area (Å²) in [6.45, 7) is 2.11. The maximum Gasteiger partial charge on any atom is 0.352 e. The molecule has 2 aromatic rings. The summed E-state index contributed by atoms with van der Waals surface area (Å²) >= 11 is 0. The van der Waals surface area contributed by atoms with Crippen LogP contribution in [0.4, 0.5) is 0 Å². The largest absolute Gasteiger partial charge is 0.474 e. The number of hydrogen-bond acceptors (Lipinski definition) is 3. The van der Waals surface area contributed by atoms with Gasteiger partial charge in [-0.05, 0) is 19.1 Å². The fourth-order valence-electron chi connectivity index (χ4n) is 1.73. The zero-order valence-electron chi connectivity index (χ0n) is 10.8. The Hall–Kier alpha value is -2.29. The van der Waals surface area contributed by atoms with Crippen molar-refractivity contribution >= 4 is 5.97 Å². The highest BCUT2D eigenvalue weighted by molar-refractivity contribution is 5.77. The van der Waals surface area contributed by atoms with Crippen LogP contribution in [0, 0.1) is 0 Å². The van der Waals surface area contributed by atoms with Gasteiger partial charge < -0.3 is 9.47 Å². The number of esters is 1. The molecule has 2 aromatic carbocycles. The summed E-state index contributed by atoms with van der Waals surface area (Å²) in [5.41, 5.74) is 0.782. The fourth-order valence-corrected chi connectivity index (χ4v) is 1.73. The summed E-state index contributed by atoms with van der Waals surface area (Å²) in [5.74, 6) is 0.266. The molecule has 0 amide bonds. The predicted molar refractivity (Wildman–Crippen MR) is 72.9 cm³/mol. The molecule has 0 radical (unpaired) electrons. The Labute approximate surface area is 112 Å². The highest BCUT2D eigenvalue weighted by Crippen LogP contribution is 2.22. The maximum atomic E-state index is 12.0. The molecule has 2 rings (SSSR count). The van der Waals surface area contributed by atoms with Crippen molar-refractivity contribution in [3.63, 3.8) is 0 Å². The first-order valence-corrected chi connectivity index (χ1v) is 6.24. The topological polar surface area (TPSA) is 35.5 Å². The summed E-state index contributed by atoms with van der Waals surface area (Å²) in [5, 5.41) is 0. The molecule has 0 fully saturated rings. The Morgan fingerprint density at radius 3 is 2.16 bits per heavy atom. The Morgan fingerprint density at radius 2 is 1.58 bits per heavy atom. The average Bonchev–Trinajstić information content (AvgIpc) is 2.47. The van der Waals surface area contributed by atoms with Crippen molar-refractivity contribution in [2.75, 3.05) is 6.61 Å². The quantitative estimate of drug-likeness (QED) is 0.769. The number of benzene rings is 2. The van der Waals surface area contributed by atoms with E-state index in [1.807, 2.05) is 60.7 Å². The van der Waals surface area contributed by atoms with Gasteiger partial charge in [0.25, 0.3) is 0 Å². The third-order valence-electron chi connectivity index (χ3n) is 2.60. The predicted octanol–water partition coefficient (Wildman–Crippen LogP) is 3.37. The summed E-state index contributed by atoms with van der Waals surface area (Å²) in [6.07, 6.45) is -0.733. The smallest absolute Gasteiger partial charge is 0.352 e. The number of ether oxygens (including phenoxy) is 2. The normalized spacial score (nSPS) is 11.6. The molecule has 3 nitrogen and oxygen atoms in total. The van der Waals surface area contributed by atoms with Gasteiger partial charge in [0.2, 0.25) is 6.10 Å². The van der Waals surface area contributed by atoms with E-state index in [2.05, 4.69) is 0 Å². The highest BCUT2D eigenvalue weighted by Gasteiger charge is 2.23. The third-order valence-corrected chi connectivity index (χ3v) is 2.60. The van der Waals surface area contributed by atoms with Crippen LogP contribution in [0.5, 0.6) is 5.75 Å². The lowest BCUT2D eigenvalue weighted by molar-refractivity contribution is -0.151. The van der Waals surface area contributed by atoms with Crippen LogP contribution < -0.4 is 4.74 Å². The van der Waals surface area contributed by atoms with Crippen molar-refractivity contribution in [2.45, 2.75) is 13.0 Å². The Bertz CT molecular complexity index is 508. The van der Waals surface area contributed by atoms with Crippen LogP contribution in [-0.4, -0.2) is 12.6 Å². The highest BCUT2D eigenvalue weighted by atomic mass is 16.6. The molecule has 0 bridgehead atoms. The van der Waals surface area contributed by atoms with E-state index in [-0.39, 0.29) is 5.97 Å². The molecular formula is C16H16O3. The minimum absolute atomic E-state index is 0.334. The first kappa shape index (κ1) is 13.1. The molecule has 1 atom stereocenters. The van der Waals surface area contributed by atoms with E-state index in [1.54, 1.807) is 6.92 Å². The van der Waals surface area contributed by atoms with Gasteiger partial charge in [-0.1, -0.05) is 48.5 Å². The van der Waals surface area contributed by atoms with E-state index in [9.17, 15) is 4.79 Å². The number of rotatable bonds is 5. The lowest BCUT2D eigenvalue weighted by Crippen LogP contribution is -2.21. The second-order valence-electron chi connectivity index (χ2n) is 3.97. The van der Waals surface area contributed by atoms with Crippen molar-refractivity contribution in [1.29, 1.82) is 0 Å². The van der Waals surface area contributed by atoms with Crippen LogP contribution in [0.15, 0.2) is 60.7 Å². The van der Waals surface area contributed by atoms with E-state index < -0.39 is 6.10 Å². The first-order valence-electron chi connectivity index (χ1n) is 6.24. The van der Waals surface area contributed by atoms with Crippen LogP contribution in [-0.2, 0) is 9.53 Å². The molecular weight excluding hydrogens is 240 g/mol. The van der Waals surface area contributed by atoms with Gasteiger partial charge >= 0.3 is 5.97 Å². The van der Waals surface area contributed by atoms with Crippen molar-refractivity contribution < 1.29 is 14.3 Å². The number of carbonyl (C=O) groups excluding carboxylic acids is 1. The number of hydrogen-bond donors (Lipinski definition) is 0. The lowest BCUT2D eigenvalue weighted by atomic mass is 10.1. The Kier molecular flexibility index (Phi) is 4.56. The van der Waals surface area contributed by atoms with Crippen molar-refractivity contribution in [3.05, 3.63) is 66.2 Å². The van der Waals surface area contributed by atoms with Gasteiger partial charge in [0.15, 0.2) is 0 Å². The molecule has 0 heterocycles. The molecule has 1 unspecified atom stereocenters. The van der Waals surface area contributed by atoms with E-state index in [1.165, 1.54) is 0 Å². The molecule has 0 aliphatic rings. The first-order chi connectivity index (χ1) is 9.31. The molecule has 0 N–H and O–H groups in total. The number of para-hydroxylation sites is 1. The van der Waals surface area contributed by atoms with E-state index in [0.29, 0.717) is 12.4 Å². The van der Waals surface area contributed by atoms with Gasteiger partial charge in [0.1, 0.15) is 5.75 Å². The van der Waals surface area contributed by atoms with Crippen LogP contribution in [0.2, 0.25) is 0 Å². The molecule has 0 saturated carbocycles. The van der Waals surface area contributed by atoms with Crippen LogP contribution in [0.1, 0.15) is 18.6 Å². The van der Waals surface area contributed by atoms with Gasteiger partial charge in [-0.25, -0.2) is 4.79 Å². The summed E-state index contributed by atoms with van der Waals surface area (Å²) < 4.78 is 10.8. The Balaban J connectivity index is 2.22. The second-order valence-corrected chi connectivity index (χ2v) is 3.97. The monoisotopic (exact) mass is 256 g/mol. The standard InChI is InChI=1S/C16H16O3/c1-2-18-16(17)15(13-9-5-3-6-10-13)19-14-11-7-4-8-12-14/h3-12,15H,2H2,1H3. The van der Waals surface area contributed by atoms with Gasteiger partial charge in [0, 0.05) is 5.56 Å². The van der Waals surface area contributed by atoms with E-state index in [0.717, 1.165) is 5.56 Å². The maximum absolute atomic E-state index is 12.0. The van der Waals surface area contributed by atoms with Crippen LogP contribution in [0.3, 0.4) is 0 Å². The SMILES string of the molecule is CCOC(=O)C(Oc1ccccc1)c1ccccc1. The molecule has 0 aliphatic heterocycles. The summed E-state index contributed by atoms with van der Waals surface area (Å²) in [4.78, 5) is 12.0. The zero-order chi connectivity index (χ0) is 13.5. The minimum Gasteiger partial charge on any atom is -0.474 e. The van der Waals surface area contributed by atoms with Gasteiger partial charge in [-0.3, -0.25) is 0 Å². The van der Waals surface area contributed by atoms with Crippen molar-refractivity contribution in [2.24, 2.45) is 0 Å². The molecule has 0 saturated heterocycles. The molecule has 3 heteroatoms. The van der Waals surface area contributed by atoms with E-state index in [4.69, 9.17) is 9.47 Å². The van der Waals surface area contributed by atoms with Gasteiger partial charge in [-0.2, -0.15) is 0 Å².